The highest BCUT2D eigenvalue weighted by molar-refractivity contribution is 6.28. The zero-order chi connectivity index (χ0) is 85.8. The second-order valence-corrected chi connectivity index (χ2v) is 30.9. The minimum atomic E-state index is -1.34. The molecular formula is C85H93N19O16. The lowest BCUT2D eigenvalue weighted by Crippen LogP contribution is -2.74. The molecule has 0 unspecified atom stereocenters. The van der Waals surface area contributed by atoms with Gasteiger partial charge in [0, 0.05) is 142 Å². The lowest BCUT2D eigenvalue weighted by Gasteiger charge is -2.52. The predicted molar refractivity (Wildman–Crippen MR) is 442 cm³/mol. The van der Waals surface area contributed by atoms with Crippen LogP contribution in [0.1, 0.15) is 122 Å². The van der Waals surface area contributed by atoms with E-state index in [4.69, 9.17) is 30.9 Å². The van der Waals surface area contributed by atoms with E-state index in [0.29, 0.717) is 90.2 Å². The first-order chi connectivity index (χ1) is 57.6. The first kappa shape index (κ1) is 84.2. The van der Waals surface area contributed by atoms with Crippen molar-refractivity contribution >= 4 is 92.1 Å². The van der Waals surface area contributed by atoms with Gasteiger partial charge >= 0.3 is 0 Å². The number of hydrogen-bond donors (Lipinski definition) is 5. The van der Waals surface area contributed by atoms with Gasteiger partial charge in [0.15, 0.2) is 0 Å². The first-order valence-electron chi connectivity index (χ1n) is 39.1. The number of methoxy groups -OCH3 is 4. The fraction of sp³-hybridized carbons (Fsp3) is 0.388. The number of ketones is 1. The highest BCUT2D eigenvalue weighted by atomic mass is 16.5. The number of unbranched alkanes of at least 4 members (excludes halogenated alkanes) is 3. The summed E-state index contributed by atoms with van der Waals surface area (Å²) in [4.78, 5) is 161. The molecule has 35 heteroatoms. The van der Waals surface area contributed by atoms with E-state index in [1.54, 1.807) is 92.7 Å². The van der Waals surface area contributed by atoms with Gasteiger partial charge in [-0.25, -0.2) is 0 Å². The molecule has 5 N–H and O–H groups in total. The van der Waals surface area contributed by atoms with E-state index in [2.05, 4.69) is 52.8 Å². The van der Waals surface area contributed by atoms with Crippen LogP contribution in [0.4, 0.5) is 11.4 Å². The highest BCUT2D eigenvalue weighted by Gasteiger charge is 2.67. The number of Topliss-reactive ketones (excluding diaryl/α,β-unsaturated/α-hetero) is 1. The molecule has 2 aliphatic carbocycles. The second kappa shape index (κ2) is 35.2. The van der Waals surface area contributed by atoms with Crippen molar-refractivity contribution < 1.29 is 66.9 Å². The maximum Gasteiger partial charge on any atom is 0.274 e. The van der Waals surface area contributed by atoms with Crippen LogP contribution < -0.4 is 56.6 Å². The lowest BCUT2D eigenvalue weighted by molar-refractivity contribution is -0.159. The number of ether oxygens (including phenoxy) is 4. The summed E-state index contributed by atoms with van der Waals surface area (Å²) in [6.45, 7) is 3.36. The minimum Gasteiger partial charge on any atom is -0.496 e. The maximum atomic E-state index is 13.6. The fourth-order valence-electron chi connectivity index (χ4n) is 16.7. The normalized spacial score (nSPS) is 17.9. The number of rotatable bonds is 32. The number of aromatic nitrogens is 7. The molecule has 4 saturated heterocycles. The van der Waals surface area contributed by atoms with Gasteiger partial charge in [-0.3, -0.25) is 92.4 Å². The van der Waals surface area contributed by atoms with Crippen molar-refractivity contribution in [1.82, 2.24) is 68.8 Å². The van der Waals surface area contributed by atoms with Crippen molar-refractivity contribution in [2.75, 3.05) is 85.9 Å². The largest absolute Gasteiger partial charge is 0.496 e. The van der Waals surface area contributed by atoms with Crippen LogP contribution in [0, 0.1) is 24.2 Å². The van der Waals surface area contributed by atoms with Gasteiger partial charge in [-0.2, -0.15) is 0 Å². The molecule has 5 aromatic heterocycles. The first-order valence-corrected chi connectivity index (χ1v) is 39.1. The van der Waals surface area contributed by atoms with Crippen molar-refractivity contribution in [3.8, 4) is 57.6 Å². The number of fused-ring (bicyclic) bond motifs is 8. The second-order valence-electron chi connectivity index (χ2n) is 30.9. The quantitative estimate of drug-likeness (QED) is 0.00725. The summed E-state index contributed by atoms with van der Waals surface area (Å²) in [7, 11) is 17.3. The molecule has 624 valence electrons. The Kier molecular flexibility index (Phi) is 24.7. The van der Waals surface area contributed by atoms with Gasteiger partial charge in [-0.05, 0) is 143 Å². The average Bonchev–Trinajstić information content (AvgIpc) is 1.49. The van der Waals surface area contributed by atoms with E-state index in [9.17, 15) is 57.5 Å². The molecule has 6 aliphatic heterocycles. The molecule has 2 saturated carbocycles. The molecule has 0 radical (unpaired) electrons. The molecule has 4 aromatic carbocycles. The Morgan fingerprint density at radius 1 is 0.600 bits per heavy atom. The Morgan fingerprint density at radius 2 is 1.07 bits per heavy atom. The number of aryl methyl sites for hydroxylation is 5. The summed E-state index contributed by atoms with van der Waals surface area (Å²) in [5.74, 6) is 0.210. The molecule has 35 nitrogen and oxygen atoms in total. The number of piperidine rings is 4. The molecule has 17 rings (SSSR count). The molecule has 11 heterocycles. The van der Waals surface area contributed by atoms with Gasteiger partial charge in [0.25, 0.3) is 46.6 Å². The molecule has 0 spiro atoms. The molecule has 6 fully saturated rings. The third-order valence-electron chi connectivity index (χ3n) is 22.9. The Hall–Kier alpha value is -13.7. The molecule has 9 aromatic rings. The van der Waals surface area contributed by atoms with Crippen LogP contribution in [0.5, 0.6) is 23.0 Å². The van der Waals surface area contributed by atoms with Gasteiger partial charge in [-0.1, -0.05) is 34.8 Å². The molecule has 9 amide bonds. The summed E-state index contributed by atoms with van der Waals surface area (Å²) in [6.07, 6.45) is 19.4. The fourth-order valence-corrected chi connectivity index (χ4v) is 16.7. The van der Waals surface area contributed by atoms with E-state index in [0.717, 1.165) is 86.1 Å². The number of pyridine rings is 2. The van der Waals surface area contributed by atoms with Gasteiger partial charge in [0.2, 0.25) is 17.7 Å². The van der Waals surface area contributed by atoms with E-state index >= 15 is 0 Å². The number of anilines is 2. The lowest BCUT2D eigenvalue weighted by atomic mass is 9.63. The van der Waals surface area contributed by atoms with Crippen LogP contribution in [-0.4, -0.2) is 198 Å². The summed E-state index contributed by atoms with van der Waals surface area (Å²) in [5, 5.41) is 27.2. The Bertz CT molecular complexity index is 5830. The van der Waals surface area contributed by atoms with E-state index in [1.165, 1.54) is 0 Å². The summed E-state index contributed by atoms with van der Waals surface area (Å²) in [6, 6.07) is 21.4. The number of amides is 9. The predicted octanol–water partition coefficient (Wildman–Crippen LogP) is 6.76. The molecule has 4 bridgehead atoms. The number of hydrogen-bond acceptors (Lipinski definition) is 23. The summed E-state index contributed by atoms with van der Waals surface area (Å²) >= 11 is 0. The number of likely N-dealkylation sites (N-methyl/N-ethyl adjacent to an activating group) is 2. The van der Waals surface area contributed by atoms with Crippen molar-refractivity contribution in [2.24, 2.45) is 45.1 Å². The highest BCUT2D eigenvalue weighted by Crippen LogP contribution is 2.51. The third-order valence-corrected chi connectivity index (χ3v) is 22.9. The number of azide groups is 1. The number of imide groups is 4. The van der Waals surface area contributed by atoms with Crippen LogP contribution in [0.3, 0.4) is 0 Å². The minimum absolute atomic E-state index is 0.0626. The van der Waals surface area contributed by atoms with Crippen molar-refractivity contribution in [2.45, 2.75) is 101 Å². The van der Waals surface area contributed by atoms with Gasteiger partial charge in [-0.15, -0.1) is 11.5 Å². The Balaban J connectivity index is 0.000000174. The zero-order valence-corrected chi connectivity index (χ0v) is 68.3. The van der Waals surface area contributed by atoms with Crippen LogP contribution in [-0.2, 0) is 83.1 Å². The number of carbonyl (C=O) groups is 10. The van der Waals surface area contributed by atoms with Crippen molar-refractivity contribution in [3.63, 3.8) is 0 Å². The smallest absolute Gasteiger partial charge is 0.274 e. The zero-order valence-electron chi connectivity index (χ0n) is 68.3. The topological polar surface area (TPSA) is 414 Å². The number of carbonyl (C=O) groups excluding carboxylic acids is 10. The average molecular weight is 1640 g/mol. The summed E-state index contributed by atoms with van der Waals surface area (Å²) < 4.78 is 31.6. The van der Waals surface area contributed by atoms with Crippen LogP contribution in [0.25, 0.3) is 54.5 Å². The van der Waals surface area contributed by atoms with E-state index < -0.39 is 46.5 Å². The van der Waals surface area contributed by atoms with Crippen LogP contribution in [0.2, 0.25) is 0 Å². The van der Waals surface area contributed by atoms with E-state index in [-0.39, 0.29) is 121 Å². The summed E-state index contributed by atoms with van der Waals surface area (Å²) in [5.41, 5.74) is 14.3. The van der Waals surface area contributed by atoms with Gasteiger partial charge in [0.05, 0.1) is 94.2 Å². The Morgan fingerprint density at radius 3 is 1.53 bits per heavy atom. The SMILES string of the molecule is C#CCNc1cccc2c1C(=O)N(C13CC(C1)C(=O)NC3=O)C2=O.COc1cc(-c2cn(C)c(=O)c3c2ccn3C)cc(OC)c1CN(C)CC(=O)CCCCCn1cc(CNc2cccc3c2C(=O)N(C24CC(C2)C(=O)NC4=O)C3=O)nn1.COc1cc(-c2cn(C)c(=O)c3c2ccn3C)cc(OC)c1CN(C)CC(=O)NCCCCN=[N+]=[N-]. The van der Waals surface area contributed by atoms with Gasteiger partial charge < -0.3 is 53.2 Å². The monoisotopic (exact) mass is 1640 g/mol. The molecular weight excluding hydrogens is 1540 g/mol. The van der Waals surface area contributed by atoms with E-state index in [1.807, 2.05) is 115 Å². The number of nitrogens with zero attached hydrogens (tertiary/aromatic N) is 14. The Labute approximate surface area is 688 Å². The van der Waals surface area contributed by atoms with Crippen LogP contribution >= 0.6 is 0 Å². The third kappa shape index (κ3) is 16.2. The van der Waals surface area contributed by atoms with Crippen LogP contribution in [0.15, 0.2) is 118 Å². The standard InChI is InChI=1S/C43H47N9O8.C25H33N7O4.C17H13N3O4/c1-48(23-32-34(59-4)16-25(17-35(32)60-5)31-24-50(3)41(57)37-29(31)13-15-49(37)2)22-28(53)10-7-6-8-14-51-21-27(46-47-51)20-44-33-12-9-11-30-36(33)40(56)52(39(30)55)43-18-26(19-43)38(54)45-42(43)58;1-30(16-23(33)27-9-6-7-10-28-29-26)14-20-21(35-4)12-17(13-22(20)36-5)19-15-32(3)25(34)24-18(19)8-11-31(24)2;1-2-6-18-11-5-3-4-10-12(11)15(23)20(14(10)22)17-7-9(8-17)13(21)19-16(17)24/h9,11-13,15-17,21,24,26,44H,6-8,10,14,18-20,22-23H2,1-5H3,(H,45,54,58);8,11-13,15H,6-7,9-10,14,16H2,1-5H3,(H,27,33);1,3-5,9,18H,6-8H2,(H,19,21,24). The number of benzene rings is 4. The van der Waals surface area contributed by atoms with Crippen molar-refractivity contribution in [3.05, 3.63) is 174 Å². The number of nitrogens with one attached hydrogen (secondary N) is 5. The molecule has 8 aliphatic rings. The maximum absolute atomic E-state index is 13.6. The number of terminal acetylenes is 1. The van der Waals surface area contributed by atoms with Crippen molar-refractivity contribution in [1.29, 1.82) is 0 Å². The molecule has 120 heavy (non-hydrogen) atoms. The van der Waals surface area contributed by atoms with Gasteiger partial charge in [0.1, 0.15) is 56.6 Å². The molecule has 0 atom stereocenters.